The summed E-state index contributed by atoms with van der Waals surface area (Å²) in [6.07, 6.45) is -0.689. The van der Waals surface area contributed by atoms with Crippen molar-refractivity contribution >= 4 is 17.7 Å². The number of para-hydroxylation sites is 1. The minimum Gasteiger partial charge on any atom is -0.375 e. The molecular weight excluding hydrogens is 232 g/mol. The molecule has 0 aromatic heterocycles. The molecule has 0 aliphatic heterocycles. The third kappa shape index (κ3) is 4.18. The summed E-state index contributed by atoms with van der Waals surface area (Å²) in [4.78, 5) is 24.4. The van der Waals surface area contributed by atoms with E-state index < -0.39 is 12.1 Å². The quantitative estimate of drug-likeness (QED) is 0.653. The Hall–Kier alpha value is -1.88. The second-order valence-electron chi connectivity index (χ2n) is 4.28. The number of nitrogens with zero attached hydrogens (tertiary/aromatic N) is 1. The van der Waals surface area contributed by atoms with Crippen molar-refractivity contribution < 1.29 is 14.3 Å². The van der Waals surface area contributed by atoms with Crippen molar-refractivity contribution in [3.8, 4) is 0 Å². The first kappa shape index (κ1) is 14.2. The maximum Gasteiger partial charge on any atom is 0.422 e. The molecule has 0 bridgehead atoms. The van der Waals surface area contributed by atoms with E-state index in [2.05, 4.69) is 4.74 Å². The summed E-state index contributed by atoms with van der Waals surface area (Å²) in [6, 6.07) is 9.07. The van der Waals surface area contributed by atoms with Crippen LogP contribution in [0.4, 0.5) is 10.5 Å². The van der Waals surface area contributed by atoms with Gasteiger partial charge >= 0.3 is 12.1 Å². The van der Waals surface area contributed by atoms with E-state index in [0.29, 0.717) is 12.2 Å². The second-order valence-corrected chi connectivity index (χ2v) is 4.28. The lowest BCUT2D eigenvalue weighted by atomic mass is 10.2. The zero-order valence-corrected chi connectivity index (χ0v) is 10.6. The highest BCUT2D eigenvalue weighted by Crippen LogP contribution is 2.16. The maximum atomic E-state index is 11.9. The lowest BCUT2D eigenvalue weighted by molar-refractivity contribution is -0.135. The molecule has 0 spiro atoms. The van der Waals surface area contributed by atoms with Crippen LogP contribution >= 0.6 is 0 Å². The number of hydrogen-bond acceptors (Lipinski definition) is 4. The third-order valence-corrected chi connectivity index (χ3v) is 2.20. The molecule has 5 heteroatoms. The number of hydrogen-bond donors (Lipinski definition) is 1. The summed E-state index contributed by atoms with van der Waals surface area (Å²) in [5.41, 5.74) is 5.81. The lowest BCUT2D eigenvalue weighted by Crippen LogP contribution is -2.37. The predicted octanol–water partition coefficient (Wildman–Crippen LogP) is 1.77. The molecule has 0 atom stereocenters. The first-order valence-electron chi connectivity index (χ1n) is 5.82. The summed E-state index contributed by atoms with van der Waals surface area (Å²) in [5.74, 6) is -0.476. The zero-order valence-electron chi connectivity index (χ0n) is 10.6. The van der Waals surface area contributed by atoms with Crippen molar-refractivity contribution in [1.29, 1.82) is 0 Å². The molecule has 5 nitrogen and oxygen atoms in total. The van der Waals surface area contributed by atoms with Gasteiger partial charge in [-0.1, -0.05) is 32.0 Å². The van der Waals surface area contributed by atoms with Crippen LogP contribution in [0.3, 0.4) is 0 Å². The molecule has 1 rings (SSSR count). The fourth-order valence-corrected chi connectivity index (χ4v) is 1.45. The van der Waals surface area contributed by atoms with Gasteiger partial charge in [-0.2, -0.15) is 0 Å². The summed E-state index contributed by atoms with van der Waals surface area (Å²) in [5, 5.41) is 0. The topological polar surface area (TPSA) is 72.6 Å². The van der Waals surface area contributed by atoms with Crippen molar-refractivity contribution in [3.63, 3.8) is 0 Å². The van der Waals surface area contributed by atoms with Crippen LogP contribution in [-0.2, 0) is 9.53 Å². The van der Waals surface area contributed by atoms with Gasteiger partial charge in [0.15, 0.2) is 0 Å². The van der Waals surface area contributed by atoms with Gasteiger partial charge < -0.3 is 10.5 Å². The molecule has 2 N–H and O–H groups in total. The third-order valence-electron chi connectivity index (χ3n) is 2.20. The minimum absolute atomic E-state index is 0.255. The van der Waals surface area contributed by atoms with Gasteiger partial charge in [-0.15, -0.1) is 0 Å². The van der Waals surface area contributed by atoms with Crippen molar-refractivity contribution in [1.82, 2.24) is 0 Å². The second kappa shape index (κ2) is 6.76. The van der Waals surface area contributed by atoms with Crippen molar-refractivity contribution in [2.24, 2.45) is 11.7 Å². The highest BCUT2D eigenvalue weighted by molar-refractivity contribution is 5.95. The average Bonchev–Trinajstić information content (AvgIpc) is 2.36. The van der Waals surface area contributed by atoms with Gasteiger partial charge in [-0.05, 0) is 18.1 Å². The van der Waals surface area contributed by atoms with Crippen LogP contribution in [0.15, 0.2) is 30.3 Å². The van der Waals surface area contributed by atoms with E-state index >= 15 is 0 Å². The number of rotatable bonds is 4. The zero-order chi connectivity index (χ0) is 13.5. The Labute approximate surface area is 107 Å². The Morgan fingerprint density at radius 3 is 2.39 bits per heavy atom. The van der Waals surface area contributed by atoms with Gasteiger partial charge in [0.2, 0.25) is 0 Å². The molecular formula is C13H18N2O3. The molecule has 0 fully saturated rings. The Bertz CT molecular complexity index is 404. The van der Waals surface area contributed by atoms with Crippen LogP contribution in [-0.4, -0.2) is 25.2 Å². The van der Waals surface area contributed by atoms with Gasteiger partial charge in [-0.3, -0.25) is 9.69 Å². The summed E-state index contributed by atoms with van der Waals surface area (Å²) in [7, 11) is 0. The number of nitrogens with two attached hydrogens (primary N) is 1. The van der Waals surface area contributed by atoms with E-state index in [0.717, 1.165) is 0 Å². The van der Waals surface area contributed by atoms with E-state index in [9.17, 15) is 9.59 Å². The molecule has 1 aromatic carbocycles. The van der Waals surface area contributed by atoms with E-state index in [-0.39, 0.29) is 12.5 Å². The largest absolute Gasteiger partial charge is 0.422 e. The highest BCUT2D eigenvalue weighted by atomic mass is 16.6. The Morgan fingerprint density at radius 2 is 1.89 bits per heavy atom. The van der Waals surface area contributed by atoms with Gasteiger partial charge in [0.05, 0.1) is 6.54 Å². The molecule has 98 valence electrons. The van der Waals surface area contributed by atoms with Crippen LogP contribution < -0.4 is 10.6 Å². The Morgan fingerprint density at radius 1 is 1.28 bits per heavy atom. The molecule has 18 heavy (non-hydrogen) atoms. The van der Waals surface area contributed by atoms with Crippen LogP contribution in [0, 0.1) is 5.92 Å². The average molecular weight is 250 g/mol. The standard InChI is InChI=1S/C13H18N2O3/c1-10(2)9-15(11-6-4-3-5-7-11)13(17)18-12(16)8-14/h3-7,10H,8-9,14H2,1-2H3. The first-order chi connectivity index (χ1) is 8.54. The SMILES string of the molecule is CC(C)CN(C(=O)OC(=O)CN)c1ccccc1. The summed E-state index contributed by atoms with van der Waals surface area (Å²) in [6.45, 7) is 4.12. The van der Waals surface area contributed by atoms with Gasteiger partial charge in [0.1, 0.15) is 0 Å². The number of ether oxygens (including phenoxy) is 1. The molecule has 0 heterocycles. The fraction of sp³-hybridized carbons (Fsp3) is 0.385. The minimum atomic E-state index is -0.732. The monoisotopic (exact) mass is 250 g/mol. The molecule has 0 aliphatic rings. The van der Waals surface area contributed by atoms with E-state index in [4.69, 9.17) is 5.73 Å². The summed E-state index contributed by atoms with van der Waals surface area (Å²) >= 11 is 0. The Kier molecular flexibility index (Phi) is 5.32. The van der Waals surface area contributed by atoms with Gasteiger partial charge in [-0.25, -0.2) is 4.79 Å². The predicted molar refractivity (Wildman–Crippen MR) is 69.2 cm³/mol. The van der Waals surface area contributed by atoms with Crippen LogP contribution in [0.5, 0.6) is 0 Å². The van der Waals surface area contributed by atoms with E-state index in [1.807, 2.05) is 32.0 Å². The number of amides is 1. The van der Waals surface area contributed by atoms with Crippen LogP contribution in [0.25, 0.3) is 0 Å². The van der Waals surface area contributed by atoms with Crippen molar-refractivity contribution in [2.45, 2.75) is 13.8 Å². The number of benzene rings is 1. The van der Waals surface area contributed by atoms with Crippen LogP contribution in [0.2, 0.25) is 0 Å². The Balaban J connectivity index is 2.85. The van der Waals surface area contributed by atoms with Crippen molar-refractivity contribution in [3.05, 3.63) is 30.3 Å². The molecule has 0 unspecified atom stereocenters. The van der Waals surface area contributed by atoms with Gasteiger partial charge in [0.25, 0.3) is 0 Å². The van der Waals surface area contributed by atoms with E-state index in [1.54, 1.807) is 12.1 Å². The number of esters is 1. The number of anilines is 1. The smallest absolute Gasteiger partial charge is 0.375 e. The molecule has 0 aliphatic carbocycles. The molecule has 1 aromatic rings. The fourth-order valence-electron chi connectivity index (χ4n) is 1.45. The first-order valence-corrected chi connectivity index (χ1v) is 5.82. The molecule has 0 saturated carbocycles. The van der Waals surface area contributed by atoms with Crippen molar-refractivity contribution in [2.75, 3.05) is 18.0 Å². The molecule has 0 saturated heterocycles. The lowest BCUT2D eigenvalue weighted by Gasteiger charge is -2.23. The molecule has 0 radical (unpaired) electrons. The highest BCUT2D eigenvalue weighted by Gasteiger charge is 2.20. The normalized spacial score (nSPS) is 10.2. The number of carbonyl (C=O) groups is 2. The molecule has 1 amide bonds. The summed E-state index contributed by atoms with van der Waals surface area (Å²) < 4.78 is 4.64. The number of carbonyl (C=O) groups excluding carboxylic acids is 2. The van der Waals surface area contributed by atoms with E-state index in [1.165, 1.54) is 4.90 Å². The van der Waals surface area contributed by atoms with Crippen LogP contribution in [0.1, 0.15) is 13.8 Å². The van der Waals surface area contributed by atoms with Gasteiger partial charge in [0, 0.05) is 12.2 Å². The maximum absolute atomic E-state index is 11.9.